The number of aromatic nitrogens is 3. The van der Waals surface area contributed by atoms with E-state index >= 15 is 0 Å². The summed E-state index contributed by atoms with van der Waals surface area (Å²) in [5.41, 5.74) is 3.36. The number of rotatable bonds is 6. The first-order valence-corrected chi connectivity index (χ1v) is 11.0. The molecule has 0 aliphatic carbocycles. The molecule has 1 fully saturated rings. The molecule has 2 aromatic heterocycles. The van der Waals surface area contributed by atoms with Crippen molar-refractivity contribution in [1.82, 2.24) is 19.7 Å². The molecule has 0 radical (unpaired) electrons. The predicted molar refractivity (Wildman–Crippen MR) is 126 cm³/mol. The number of carbonyl (C=O) groups is 1. The van der Waals surface area contributed by atoms with E-state index in [-0.39, 0.29) is 6.03 Å². The van der Waals surface area contributed by atoms with Crippen molar-refractivity contribution in [2.45, 2.75) is 13.5 Å². The highest BCUT2D eigenvalue weighted by Gasteiger charge is 2.11. The maximum absolute atomic E-state index is 12.5. The van der Waals surface area contributed by atoms with Crippen molar-refractivity contribution in [2.75, 3.05) is 43.5 Å². The molecule has 0 spiro atoms. The minimum atomic E-state index is -0.303. The molecule has 33 heavy (non-hydrogen) atoms. The molecule has 2 aromatic carbocycles. The van der Waals surface area contributed by atoms with Crippen molar-refractivity contribution in [3.05, 3.63) is 60.6 Å². The first kappa shape index (κ1) is 21.2. The molecule has 4 aromatic rings. The highest BCUT2D eigenvalue weighted by atomic mass is 16.5. The smallest absolute Gasteiger partial charge is 0.323 e. The van der Waals surface area contributed by atoms with Crippen LogP contribution in [0.2, 0.25) is 0 Å². The lowest BCUT2D eigenvalue weighted by molar-refractivity contribution is 0.0365. The molecule has 1 aliphatic rings. The number of anilines is 2. The van der Waals surface area contributed by atoms with Crippen LogP contribution < -0.4 is 10.6 Å². The summed E-state index contributed by atoms with van der Waals surface area (Å²) >= 11 is 0. The van der Waals surface area contributed by atoms with Gasteiger partial charge >= 0.3 is 6.03 Å². The van der Waals surface area contributed by atoms with Gasteiger partial charge in [0, 0.05) is 67.1 Å². The number of nitrogens with zero attached hydrogens (tertiary/aromatic N) is 4. The maximum atomic E-state index is 12.5. The van der Waals surface area contributed by atoms with Gasteiger partial charge in [0.25, 0.3) is 0 Å². The molecule has 2 amide bonds. The predicted octanol–water partition coefficient (Wildman–Crippen LogP) is 3.98. The van der Waals surface area contributed by atoms with E-state index < -0.39 is 0 Å². The quantitative estimate of drug-likeness (QED) is 0.465. The first-order chi connectivity index (χ1) is 16.1. The third-order valence-corrected chi connectivity index (χ3v) is 5.71. The van der Waals surface area contributed by atoms with E-state index in [9.17, 15) is 4.79 Å². The molecule has 0 atom stereocenters. The number of aryl methyl sites for hydroxylation is 1. The summed E-state index contributed by atoms with van der Waals surface area (Å²) in [4.78, 5) is 14.9. The van der Waals surface area contributed by atoms with Gasteiger partial charge in [-0.25, -0.2) is 4.79 Å². The van der Waals surface area contributed by atoms with E-state index in [1.54, 1.807) is 19.1 Å². The Kier molecular flexibility index (Phi) is 6.05. The second-order valence-corrected chi connectivity index (χ2v) is 8.02. The van der Waals surface area contributed by atoms with Crippen LogP contribution in [0, 0.1) is 6.92 Å². The largest absolute Gasteiger partial charge is 0.421 e. The fourth-order valence-electron chi connectivity index (χ4n) is 3.95. The van der Waals surface area contributed by atoms with Crippen LogP contribution in [0.3, 0.4) is 0 Å². The van der Waals surface area contributed by atoms with Crippen LogP contribution in [0.25, 0.3) is 22.4 Å². The summed E-state index contributed by atoms with van der Waals surface area (Å²) in [6, 6.07) is 15.0. The van der Waals surface area contributed by atoms with Crippen molar-refractivity contribution in [3.8, 4) is 11.5 Å². The van der Waals surface area contributed by atoms with Gasteiger partial charge in [0.15, 0.2) is 0 Å². The van der Waals surface area contributed by atoms with Crippen molar-refractivity contribution in [2.24, 2.45) is 0 Å². The van der Waals surface area contributed by atoms with E-state index in [1.165, 1.54) is 0 Å². The number of benzene rings is 2. The first-order valence-electron chi connectivity index (χ1n) is 11.0. The molecule has 1 aliphatic heterocycles. The van der Waals surface area contributed by atoms with Gasteiger partial charge in [0.2, 0.25) is 11.8 Å². The van der Waals surface area contributed by atoms with Crippen molar-refractivity contribution >= 4 is 28.3 Å². The standard InChI is InChI=1S/C24H26N6O3/c1-17-27-28-23(33-17)18-2-4-20(5-3-18)25-24(31)26-21-6-7-22-19(16-21)8-9-30(22)11-10-29-12-14-32-15-13-29/h2-9,16H,10-15H2,1H3,(H2,25,26,31). The number of amides is 2. The number of urea groups is 1. The summed E-state index contributed by atoms with van der Waals surface area (Å²) in [5.74, 6) is 0.963. The van der Waals surface area contributed by atoms with Gasteiger partial charge in [0.05, 0.1) is 13.2 Å². The highest BCUT2D eigenvalue weighted by Crippen LogP contribution is 2.22. The molecule has 9 heteroatoms. The third kappa shape index (κ3) is 5.05. The summed E-state index contributed by atoms with van der Waals surface area (Å²) in [7, 11) is 0. The molecule has 5 rings (SSSR count). The minimum Gasteiger partial charge on any atom is -0.421 e. The third-order valence-electron chi connectivity index (χ3n) is 5.71. The van der Waals surface area contributed by atoms with E-state index in [0.29, 0.717) is 17.5 Å². The lowest BCUT2D eigenvalue weighted by atomic mass is 10.2. The normalized spacial score (nSPS) is 14.5. The van der Waals surface area contributed by atoms with Crippen molar-refractivity contribution in [3.63, 3.8) is 0 Å². The van der Waals surface area contributed by atoms with Crippen LogP contribution >= 0.6 is 0 Å². The SMILES string of the molecule is Cc1nnc(-c2ccc(NC(=O)Nc3ccc4c(ccn4CCN4CCOCC4)c3)cc2)o1. The second-order valence-electron chi connectivity index (χ2n) is 8.02. The van der Waals surface area contributed by atoms with Gasteiger partial charge in [-0.2, -0.15) is 0 Å². The molecular formula is C24H26N6O3. The Labute approximate surface area is 191 Å². The second kappa shape index (κ2) is 9.43. The summed E-state index contributed by atoms with van der Waals surface area (Å²) in [6.07, 6.45) is 2.10. The Balaban J connectivity index is 1.18. The van der Waals surface area contributed by atoms with Crippen LogP contribution in [0.4, 0.5) is 16.2 Å². The van der Waals surface area contributed by atoms with Crippen LogP contribution in [-0.4, -0.2) is 58.5 Å². The van der Waals surface area contributed by atoms with Gasteiger partial charge in [-0.15, -0.1) is 10.2 Å². The van der Waals surface area contributed by atoms with Gasteiger partial charge < -0.3 is 24.4 Å². The molecule has 170 valence electrons. The molecule has 0 saturated carbocycles. The minimum absolute atomic E-state index is 0.303. The van der Waals surface area contributed by atoms with Crippen LogP contribution in [0.1, 0.15) is 5.89 Å². The van der Waals surface area contributed by atoms with Crippen molar-refractivity contribution in [1.29, 1.82) is 0 Å². The van der Waals surface area contributed by atoms with Gasteiger partial charge in [-0.05, 0) is 48.5 Å². The fourth-order valence-corrected chi connectivity index (χ4v) is 3.95. The monoisotopic (exact) mass is 446 g/mol. The van der Waals surface area contributed by atoms with Crippen molar-refractivity contribution < 1.29 is 13.9 Å². The van der Waals surface area contributed by atoms with E-state index in [4.69, 9.17) is 9.15 Å². The molecule has 0 unspecified atom stereocenters. The molecule has 1 saturated heterocycles. The Morgan fingerprint density at radius 3 is 2.48 bits per heavy atom. The van der Waals surface area contributed by atoms with E-state index in [0.717, 1.165) is 61.5 Å². The highest BCUT2D eigenvalue weighted by molar-refractivity contribution is 6.01. The Morgan fingerprint density at radius 1 is 0.970 bits per heavy atom. The zero-order valence-corrected chi connectivity index (χ0v) is 18.5. The lowest BCUT2D eigenvalue weighted by Gasteiger charge is -2.26. The number of ether oxygens (including phenoxy) is 1. The Morgan fingerprint density at radius 2 is 1.73 bits per heavy atom. The topological polar surface area (TPSA) is 97.5 Å². The summed E-state index contributed by atoms with van der Waals surface area (Å²) in [6.45, 7) is 7.27. The average Bonchev–Trinajstić information content (AvgIpc) is 3.44. The maximum Gasteiger partial charge on any atom is 0.323 e. The van der Waals surface area contributed by atoms with E-state index in [1.807, 2.05) is 30.3 Å². The van der Waals surface area contributed by atoms with Crippen LogP contribution in [-0.2, 0) is 11.3 Å². The molecule has 0 bridgehead atoms. The number of morpholine rings is 1. The molecule has 9 nitrogen and oxygen atoms in total. The molecule has 3 heterocycles. The van der Waals surface area contributed by atoms with Crippen LogP contribution in [0.5, 0.6) is 0 Å². The summed E-state index contributed by atoms with van der Waals surface area (Å²) < 4.78 is 13.1. The zero-order chi connectivity index (χ0) is 22.6. The van der Waals surface area contributed by atoms with Gasteiger partial charge in [-0.3, -0.25) is 4.90 Å². The number of hydrogen-bond acceptors (Lipinski definition) is 6. The molecular weight excluding hydrogens is 420 g/mol. The fraction of sp³-hybridized carbons (Fsp3) is 0.292. The lowest BCUT2D eigenvalue weighted by Crippen LogP contribution is -2.38. The number of hydrogen-bond donors (Lipinski definition) is 2. The van der Waals surface area contributed by atoms with Crippen LogP contribution in [0.15, 0.2) is 59.1 Å². The summed E-state index contributed by atoms with van der Waals surface area (Å²) in [5, 5.41) is 14.7. The number of nitrogens with one attached hydrogen (secondary N) is 2. The zero-order valence-electron chi connectivity index (χ0n) is 18.5. The number of carbonyl (C=O) groups excluding carboxylic acids is 1. The molecule has 2 N–H and O–H groups in total. The van der Waals surface area contributed by atoms with Gasteiger partial charge in [0.1, 0.15) is 0 Å². The van der Waals surface area contributed by atoms with E-state index in [2.05, 4.69) is 42.6 Å². The Bertz CT molecular complexity index is 1240. The van der Waals surface area contributed by atoms with Gasteiger partial charge in [-0.1, -0.05) is 0 Å². The number of fused-ring (bicyclic) bond motifs is 1. The Hall–Kier alpha value is -3.69. The average molecular weight is 447 g/mol.